The van der Waals surface area contributed by atoms with Crippen molar-refractivity contribution in [1.82, 2.24) is 10.3 Å². The van der Waals surface area contributed by atoms with E-state index in [4.69, 9.17) is 4.74 Å². The number of hydrogen-bond donors (Lipinski definition) is 1. The zero-order valence-electron chi connectivity index (χ0n) is 14.5. The molecule has 0 saturated carbocycles. The van der Waals surface area contributed by atoms with Crippen LogP contribution in [-0.4, -0.2) is 37.6 Å². The van der Waals surface area contributed by atoms with E-state index in [0.29, 0.717) is 6.54 Å². The first kappa shape index (κ1) is 18.1. The van der Waals surface area contributed by atoms with Gasteiger partial charge in [0.2, 0.25) is 0 Å². The molecule has 2 aromatic rings. The van der Waals surface area contributed by atoms with E-state index in [9.17, 15) is 13.6 Å². The summed E-state index contributed by atoms with van der Waals surface area (Å²) in [7, 11) is 1.31. The Hall–Kier alpha value is -2.70. The number of carbonyl (C=O) groups is 1. The maximum atomic E-state index is 14.0. The largest absolute Gasteiger partial charge is 0.496 e. The SMILES string of the molecule is COc1ccc(F)c(F)c1C(=O)NC[C@H]1CCCN(c2ccccn2)C1. The number of hydrogen-bond acceptors (Lipinski definition) is 4. The van der Waals surface area contributed by atoms with Crippen molar-refractivity contribution in [1.29, 1.82) is 0 Å². The highest BCUT2D eigenvalue weighted by Crippen LogP contribution is 2.24. The van der Waals surface area contributed by atoms with Crippen LogP contribution in [0.1, 0.15) is 23.2 Å². The molecule has 0 spiro atoms. The Morgan fingerprint density at radius 3 is 2.92 bits per heavy atom. The number of anilines is 1. The summed E-state index contributed by atoms with van der Waals surface area (Å²) >= 11 is 0. The summed E-state index contributed by atoms with van der Waals surface area (Å²) in [6.07, 6.45) is 3.68. The van der Waals surface area contributed by atoms with Crippen LogP contribution < -0.4 is 15.0 Å². The van der Waals surface area contributed by atoms with Gasteiger partial charge in [0.25, 0.3) is 5.91 Å². The summed E-state index contributed by atoms with van der Waals surface area (Å²) < 4.78 is 32.5. The number of ether oxygens (including phenoxy) is 1. The van der Waals surface area contributed by atoms with Crippen LogP contribution in [0.2, 0.25) is 0 Å². The predicted octanol–water partition coefficient (Wildman–Crippen LogP) is 3.01. The minimum atomic E-state index is -1.19. The number of halogens is 2. The van der Waals surface area contributed by atoms with Crippen LogP contribution in [0.3, 0.4) is 0 Å². The molecule has 5 nitrogen and oxygen atoms in total. The third kappa shape index (κ3) is 3.92. The molecular weight excluding hydrogens is 340 g/mol. The predicted molar refractivity (Wildman–Crippen MR) is 94.4 cm³/mol. The fourth-order valence-electron chi connectivity index (χ4n) is 3.22. The maximum absolute atomic E-state index is 14.0. The molecule has 3 rings (SSSR count). The van der Waals surface area contributed by atoms with E-state index >= 15 is 0 Å². The molecule has 1 saturated heterocycles. The van der Waals surface area contributed by atoms with Gasteiger partial charge >= 0.3 is 0 Å². The highest BCUT2D eigenvalue weighted by Gasteiger charge is 2.24. The Kier molecular flexibility index (Phi) is 5.65. The first-order chi connectivity index (χ1) is 12.6. The van der Waals surface area contributed by atoms with Gasteiger partial charge in [-0.1, -0.05) is 6.07 Å². The summed E-state index contributed by atoms with van der Waals surface area (Å²) in [5.41, 5.74) is -0.398. The van der Waals surface area contributed by atoms with Crippen LogP contribution in [0.4, 0.5) is 14.6 Å². The summed E-state index contributed by atoms with van der Waals surface area (Å²) in [6, 6.07) is 7.94. The van der Waals surface area contributed by atoms with Gasteiger partial charge in [0.1, 0.15) is 17.1 Å². The van der Waals surface area contributed by atoms with Crippen LogP contribution in [-0.2, 0) is 0 Å². The Morgan fingerprint density at radius 1 is 1.35 bits per heavy atom. The monoisotopic (exact) mass is 361 g/mol. The second-order valence-electron chi connectivity index (χ2n) is 6.29. The number of amides is 1. The number of methoxy groups -OCH3 is 1. The van der Waals surface area contributed by atoms with E-state index in [0.717, 1.165) is 37.8 Å². The first-order valence-electron chi connectivity index (χ1n) is 8.56. The molecule has 1 aliphatic heterocycles. The summed E-state index contributed by atoms with van der Waals surface area (Å²) in [4.78, 5) is 18.9. The van der Waals surface area contributed by atoms with Crippen LogP contribution in [0.25, 0.3) is 0 Å². The molecule has 0 bridgehead atoms. The lowest BCUT2D eigenvalue weighted by molar-refractivity contribution is 0.0937. The molecule has 1 aliphatic rings. The average molecular weight is 361 g/mol. The molecule has 1 fully saturated rings. The topological polar surface area (TPSA) is 54.5 Å². The molecule has 0 aliphatic carbocycles. The van der Waals surface area contributed by atoms with E-state index in [1.54, 1.807) is 6.20 Å². The molecule has 1 aromatic carbocycles. The molecule has 7 heteroatoms. The number of benzene rings is 1. The second kappa shape index (κ2) is 8.12. The van der Waals surface area contributed by atoms with Gasteiger partial charge in [-0.15, -0.1) is 0 Å². The number of carbonyl (C=O) groups excluding carboxylic acids is 1. The summed E-state index contributed by atoms with van der Waals surface area (Å²) in [5.74, 6) is -1.82. The van der Waals surface area contributed by atoms with Crippen molar-refractivity contribution in [3.05, 3.63) is 53.7 Å². The lowest BCUT2D eigenvalue weighted by atomic mass is 9.97. The van der Waals surface area contributed by atoms with Crippen molar-refractivity contribution >= 4 is 11.7 Å². The summed E-state index contributed by atoms with van der Waals surface area (Å²) in [6.45, 7) is 2.04. The Balaban J connectivity index is 1.64. The van der Waals surface area contributed by atoms with Crippen LogP contribution in [0.5, 0.6) is 5.75 Å². The Morgan fingerprint density at radius 2 is 2.19 bits per heavy atom. The maximum Gasteiger partial charge on any atom is 0.258 e. The zero-order chi connectivity index (χ0) is 18.5. The van der Waals surface area contributed by atoms with Gasteiger partial charge in [0.15, 0.2) is 11.6 Å². The lowest BCUT2D eigenvalue weighted by Crippen LogP contribution is -2.41. The molecule has 1 aromatic heterocycles. The molecule has 138 valence electrons. The first-order valence-corrected chi connectivity index (χ1v) is 8.56. The molecule has 0 radical (unpaired) electrons. The lowest BCUT2D eigenvalue weighted by Gasteiger charge is -2.33. The van der Waals surface area contributed by atoms with Gasteiger partial charge in [-0.2, -0.15) is 0 Å². The number of aromatic nitrogens is 1. The van der Waals surface area contributed by atoms with E-state index in [2.05, 4.69) is 15.2 Å². The van der Waals surface area contributed by atoms with E-state index < -0.39 is 23.1 Å². The molecule has 2 heterocycles. The van der Waals surface area contributed by atoms with Crippen molar-refractivity contribution in [3.8, 4) is 5.75 Å². The van der Waals surface area contributed by atoms with E-state index in [-0.39, 0.29) is 11.7 Å². The van der Waals surface area contributed by atoms with Gasteiger partial charge in [-0.3, -0.25) is 4.79 Å². The van der Waals surface area contributed by atoms with Crippen LogP contribution in [0.15, 0.2) is 36.5 Å². The fourth-order valence-corrected chi connectivity index (χ4v) is 3.22. The van der Waals surface area contributed by atoms with Crippen molar-refractivity contribution in [2.24, 2.45) is 5.92 Å². The highest BCUT2D eigenvalue weighted by molar-refractivity contribution is 5.97. The Bertz CT molecular complexity index is 771. The third-order valence-electron chi connectivity index (χ3n) is 4.55. The Labute approximate surface area is 151 Å². The smallest absolute Gasteiger partial charge is 0.258 e. The highest BCUT2D eigenvalue weighted by atomic mass is 19.2. The van der Waals surface area contributed by atoms with Gasteiger partial charge in [-0.25, -0.2) is 13.8 Å². The van der Waals surface area contributed by atoms with Crippen molar-refractivity contribution < 1.29 is 18.3 Å². The van der Waals surface area contributed by atoms with Crippen molar-refractivity contribution in [2.75, 3.05) is 31.6 Å². The molecular formula is C19H21F2N3O2. The molecule has 1 N–H and O–H groups in total. The number of nitrogens with one attached hydrogen (secondary N) is 1. The van der Waals surface area contributed by atoms with Gasteiger partial charge < -0.3 is 15.0 Å². The fraction of sp³-hybridized carbons (Fsp3) is 0.368. The third-order valence-corrected chi connectivity index (χ3v) is 4.55. The number of pyridine rings is 1. The van der Waals surface area contributed by atoms with Crippen LogP contribution in [0, 0.1) is 17.6 Å². The van der Waals surface area contributed by atoms with Gasteiger partial charge in [-0.05, 0) is 43.0 Å². The molecule has 26 heavy (non-hydrogen) atoms. The van der Waals surface area contributed by atoms with Gasteiger partial charge in [0.05, 0.1) is 7.11 Å². The minimum Gasteiger partial charge on any atom is -0.496 e. The standard InChI is InChI=1S/C19H21F2N3O2/c1-26-15-8-7-14(20)18(21)17(15)19(25)23-11-13-5-4-10-24(12-13)16-6-2-3-9-22-16/h2-3,6-9,13H,4-5,10-12H2,1H3,(H,23,25)/t13-/m1/s1. The summed E-state index contributed by atoms with van der Waals surface area (Å²) in [5, 5.41) is 2.71. The van der Waals surface area contributed by atoms with Crippen molar-refractivity contribution in [2.45, 2.75) is 12.8 Å². The normalized spacial score (nSPS) is 17.0. The number of nitrogens with zero attached hydrogens (tertiary/aromatic N) is 2. The second-order valence-corrected chi connectivity index (χ2v) is 6.29. The van der Waals surface area contributed by atoms with E-state index in [1.807, 2.05) is 18.2 Å². The number of piperidine rings is 1. The number of rotatable bonds is 5. The average Bonchev–Trinajstić information content (AvgIpc) is 2.69. The molecule has 1 amide bonds. The van der Waals surface area contributed by atoms with Crippen molar-refractivity contribution in [3.63, 3.8) is 0 Å². The van der Waals surface area contributed by atoms with Gasteiger partial charge in [0, 0.05) is 25.8 Å². The van der Waals surface area contributed by atoms with Crippen LogP contribution >= 0.6 is 0 Å². The molecule has 0 unspecified atom stereocenters. The zero-order valence-corrected chi connectivity index (χ0v) is 14.5. The molecule has 1 atom stereocenters. The quantitative estimate of drug-likeness (QED) is 0.890. The minimum absolute atomic E-state index is 0.0140. The van der Waals surface area contributed by atoms with E-state index in [1.165, 1.54) is 13.2 Å².